The van der Waals surface area contributed by atoms with E-state index in [0.29, 0.717) is 6.07 Å². The topological polar surface area (TPSA) is 105 Å². The standard InChI is InChI=1S/C14H16ClF3N4O3/c1-7(12(24)21-13(19)25)22(2)6-11(23)20-8-3-4-10(15)9(5-8)14(16,17)18/h3-5,7H,6H2,1-2H3,(H,20,23)(H3,19,21,24,25). The third-order valence-corrected chi connectivity index (χ3v) is 3.57. The highest BCUT2D eigenvalue weighted by molar-refractivity contribution is 6.31. The molecule has 7 nitrogen and oxygen atoms in total. The summed E-state index contributed by atoms with van der Waals surface area (Å²) in [7, 11) is 1.42. The fourth-order valence-corrected chi connectivity index (χ4v) is 2.03. The summed E-state index contributed by atoms with van der Waals surface area (Å²) in [5.74, 6) is -1.37. The van der Waals surface area contributed by atoms with Crippen LogP contribution >= 0.6 is 11.6 Å². The number of nitrogens with zero attached hydrogens (tertiary/aromatic N) is 1. The minimum Gasteiger partial charge on any atom is -0.351 e. The van der Waals surface area contributed by atoms with E-state index in [-0.39, 0.29) is 12.2 Å². The summed E-state index contributed by atoms with van der Waals surface area (Å²) in [6, 6.07) is 1.05. The Morgan fingerprint density at radius 3 is 2.44 bits per heavy atom. The van der Waals surface area contributed by atoms with Crippen molar-refractivity contribution in [1.29, 1.82) is 0 Å². The number of benzene rings is 1. The van der Waals surface area contributed by atoms with E-state index in [2.05, 4.69) is 5.32 Å². The second-order valence-corrected chi connectivity index (χ2v) is 5.59. The molecule has 1 atom stereocenters. The van der Waals surface area contributed by atoms with Gasteiger partial charge in [-0.15, -0.1) is 0 Å². The molecule has 0 bridgehead atoms. The SMILES string of the molecule is CC(C(=O)NC(N)=O)N(C)CC(=O)Nc1ccc(Cl)c(C(F)(F)F)c1. The normalized spacial score (nSPS) is 12.6. The summed E-state index contributed by atoms with van der Waals surface area (Å²) in [5.41, 5.74) is 3.66. The van der Waals surface area contributed by atoms with Crippen LogP contribution in [0.1, 0.15) is 12.5 Å². The van der Waals surface area contributed by atoms with Crippen molar-refractivity contribution in [2.24, 2.45) is 5.73 Å². The van der Waals surface area contributed by atoms with Crippen LogP contribution < -0.4 is 16.4 Å². The van der Waals surface area contributed by atoms with Crippen LogP contribution in [0, 0.1) is 0 Å². The highest BCUT2D eigenvalue weighted by Crippen LogP contribution is 2.36. The molecule has 0 radical (unpaired) electrons. The molecule has 1 unspecified atom stereocenters. The number of likely N-dealkylation sites (N-methyl/N-ethyl adjacent to an activating group) is 1. The zero-order chi connectivity index (χ0) is 19.4. The largest absolute Gasteiger partial charge is 0.417 e. The molecule has 1 aromatic rings. The fourth-order valence-electron chi connectivity index (χ4n) is 1.81. The molecule has 138 valence electrons. The minimum atomic E-state index is -4.66. The van der Waals surface area contributed by atoms with Gasteiger partial charge in [0.05, 0.1) is 23.2 Å². The number of rotatable bonds is 5. The molecule has 0 heterocycles. The maximum absolute atomic E-state index is 12.8. The van der Waals surface area contributed by atoms with Crippen molar-refractivity contribution in [2.75, 3.05) is 18.9 Å². The number of nitrogens with two attached hydrogens (primary N) is 1. The zero-order valence-electron chi connectivity index (χ0n) is 13.3. The van der Waals surface area contributed by atoms with Gasteiger partial charge in [0.15, 0.2) is 0 Å². The van der Waals surface area contributed by atoms with Gasteiger partial charge in [-0.05, 0) is 32.2 Å². The van der Waals surface area contributed by atoms with E-state index in [1.54, 1.807) is 0 Å². The van der Waals surface area contributed by atoms with Crippen LogP contribution in [-0.4, -0.2) is 42.4 Å². The molecule has 0 spiro atoms. The molecule has 1 rings (SSSR count). The van der Waals surface area contributed by atoms with Gasteiger partial charge >= 0.3 is 12.2 Å². The van der Waals surface area contributed by atoms with E-state index in [0.717, 1.165) is 6.07 Å². The van der Waals surface area contributed by atoms with Crippen molar-refractivity contribution in [3.8, 4) is 0 Å². The lowest BCUT2D eigenvalue weighted by molar-refractivity contribution is -0.137. The van der Waals surface area contributed by atoms with Crippen LogP contribution in [-0.2, 0) is 15.8 Å². The number of halogens is 4. The number of amides is 4. The van der Waals surface area contributed by atoms with Gasteiger partial charge in [0.1, 0.15) is 0 Å². The Balaban J connectivity index is 2.74. The Morgan fingerprint density at radius 2 is 1.92 bits per heavy atom. The average Bonchev–Trinajstić information content (AvgIpc) is 2.46. The van der Waals surface area contributed by atoms with Gasteiger partial charge in [-0.1, -0.05) is 11.6 Å². The highest BCUT2D eigenvalue weighted by Gasteiger charge is 2.33. The predicted molar refractivity (Wildman–Crippen MR) is 84.9 cm³/mol. The Labute approximate surface area is 146 Å². The smallest absolute Gasteiger partial charge is 0.351 e. The first-order valence-corrected chi connectivity index (χ1v) is 7.26. The summed E-state index contributed by atoms with van der Waals surface area (Å²) in [6.07, 6.45) is -4.66. The highest BCUT2D eigenvalue weighted by atomic mass is 35.5. The van der Waals surface area contributed by atoms with E-state index in [1.165, 1.54) is 24.9 Å². The van der Waals surface area contributed by atoms with Crippen molar-refractivity contribution in [3.05, 3.63) is 28.8 Å². The van der Waals surface area contributed by atoms with Crippen LogP contribution in [0.5, 0.6) is 0 Å². The summed E-state index contributed by atoms with van der Waals surface area (Å²) in [5, 5.41) is 3.66. The maximum Gasteiger partial charge on any atom is 0.417 e. The first-order valence-electron chi connectivity index (χ1n) is 6.89. The summed E-state index contributed by atoms with van der Waals surface area (Å²) < 4.78 is 38.4. The maximum atomic E-state index is 12.8. The number of hydrogen-bond acceptors (Lipinski definition) is 4. The molecule has 25 heavy (non-hydrogen) atoms. The zero-order valence-corrected chi connectivity index (χ0v) is 14.0. The number of imide groups is 1. The number of carbonyl (C=O) groups is 3. The van der Waals surface area contributed by atoms with Crippen molar-refractivity contribution in [3.63, 3.8) is 0 Å². The summed E-state index contributed by atoms with van der Waals surface area (Å²) >= 11 is 5.50. The molecule has 0 aliphatic carbocycles. The summed E-state index contributed by atoms with van der Waals surface area (Å²) in [4.78, 5) is 35.4. The number of urea groups is 1. The quantitative estimate of drug-likeness (QED) is 0.724. The van der Waals surface area contributed by atoms with Crippen LogP contribution in [0.4, 0.5) is 23.7 Å². The number of alkyl halides is 3. The van der Waals surface area contributed by atoms with Crippen molar-refractivity contribution in [2.45, 2.75) is 19.1 Å². The molecule has 0 fully saturated rings. The van der Waals surface area contributed by atoms with Gasteiger partial charge in [0, 0.05) is 5.69 Å². The minimum absolute atomic E-state index is 0.0932. The van der Waals surface area contributed by atoms with E-state index < -0.39 is 40.6 Å². The molecule has 1 aromatic carbocycles. The number of primary amides is 1. The molecule has 11 heteroatoms. The Kier molecular flexibility index (Phi) is 6.77. The average molecular weight is 381 g/mol. The molecular formula is C14H16ClF3N4O3. The van der Waals surface area contributed by atoms with E-state index in [9.17, 15) is 27.6 Å². The van der Waals surface area contributed by atoms with Crippen LogP contribution in [0.25, 0.3) is 0 Å². The van der Waals surface area contributed by atoms with Crippen molar-refractivity contribution >= 4 is 35.1 Å². The van der Waals surface area contributed by atoms with Gasteiger partial charge in [0.2, 0.25) is 11.8 Å². The lowest BCUT2D eigenvalue weighted by atomic mass is 10.2. The molecule has 4 N–H and O–H groups in total. The van der Waals surface area contributed by atoms with Crippen molar-refractivity contribution < 1.29 is 27.6 Å². The monoisotopic (exact) mass is 380 g/mol. The number of anilines is 1. The number of nitrogens with one attached hydrogen (secondary N) is 2. The van der Waals surface area contributed by atoms with Gasteiger partial charge in [-0.3, -0.25) is 19.8 Å². The Bertz CT molecular complexity index is 682. The number of carbonyl (C=O) groups excluding carboxylic acids is 3. The molecule has 0 saturated heterocycles. The van der Waals surface area contributed by atoms with Gasteiger partial charge in [-0.25, -0.2) is 4.79 Å². The van der Waals surface area contributed by atoms with Crippen molar-refractivity contribution in [1.82, 2.24) is 10.2 Å². The van der Waals surface area contributed by atoms with E-state index in [4.69, 9.17) is 17.3 Å². The van der Waals surface area contributed by atoms with Crippen LogP contribution in [0.3, 0.4) is 0 Å². The third-order valence-electron chi connectivity index (χ3n) is 3.24. The van der Waals surface area contributed by atoms with Gasteiger partial charge < -0.3 is 11.1 Å². The molecule has 0 aromatic heterocycles. The van der Waals surface area contributed by atoms with E-state index in [1.807, 2.05) is 5.32 Å². The first kappa shape index (κ1) is 20.7. The lowest BCUT2D eigenvalue weighted by Gasteiger charge is -2.22. The number of hydrogen-bond donors (Lipinski definition) is 3. The molecule has 0 aliphatic rings. The van der Waals surface area contributed by atoms with Gasteiger partial charge in [0.25, 0.3) is 0 Å². The second kappa shape index (κ2) is 8.17. The van der Waals surface area contributed by atoms with Crippen LogP contribution in [0.2, 0.25) is 5.02 Å². The fraction of sp³-hybridized carbons (Fsp3) is 0.357. The van der Waals surface area contributed by atoms with Crippen LogP contribution in [0.15, 0.2) is 18.2 Å². The molecule has 0 aliphatic heterocycles. The summed E-state index contributed by atoms with van der Waals surface area (Å²) in [6.45, 7) is 1.12. The molecule has 4 amide bonds. The first-order chi connectivity index (χ1) is 11.4. The Hall–Kier alpha value is -2.33. The van der Waals surface area contributed by atoms with E-state index >= 15 is 0 Å². The second-order valence-electron chi connectivity index (χ2n) is 5.19. The Morgan fingerprint density at radius 1 is 1.32 bits per heavy atom. The molecular weight excluding hydrogens is 365 g/mol. The van der Waals surface area contributed by atoms with Gasteiger partial charge in [-0.2, -0.15) is 13.2 Å². The predicted octanol–water partition coefficient (Wildman–Crippen LogP) is 1.81. The third kappa shape index (κ3) is 6.24. The molecule has 0 saturated carbocycles. The lowest BCUT2D eigenvalue weighted by Crippen LogP contribution is -2.48.